The standard InChI is InChI=1S/C20H30O2.C3H6/c1-4-6-7-10-16-13-18(21)20(19(14-16)22-5-2)17-11-8-9-15(3)12-17;1-3-2/h12-14,17,21H,4-11H2,1-3H3;3H,1H2,2H3. The number of allylic oxidation sites excluding steroid dienone is 3. The monoisotopic (exact) mass is 344 g/mol. The maximum atomic E-state index is 10.6. The summed E-state index contributed by atoms with van der Waals surface area (Å²) in [6.45, 7) is 12.3. The molecule has 1 aromatic rings. The second-order valence-corrected chi connectivity index (χ2v) is 6.84. The first-order chi connectivity index (χ1) is 12.1. The van der Waals surface area contributed by atoms with Gasteiger partial charge in [-0.1, -0.05) is 37.5 Å². The van der Waals surface area contributed by atoms with Crippen LogP contribution in [0.25, 0.3) is 0 Å². The van der Waals surface area contributed by atoms with Crippen molar-refractivity contribution in [2.45, 2.75) is 78.6 Å². The predicted molar refractivity (Wildman–Crippen MR) is 109 cm³/mol. The van der Waals surface area contributed by atoms with Gasteiger partial charge in [0.2, 0.25) is 0 Å². The molecule has 140 valence electrons. The Kier molecular flexibility index (Phi) is 10.1. The van der Waals surface area contributed by atoms with E-state index in [1.807, 2.05) is 19.9 Å². The van der Waals surface area contributed by atoms with Crippen molar-refractivity contribution in [2.75, 3.05) is 6.61 Å². The van der Waals surface area contributed by atoms with Crippen LogP contribution in [0.15, 0.2) is 36.4 Å². The van der Waals surface area contributed by atoms with Gasteiger partial charge in [0.15, 0.2) is 0 Å². The summed E-state index contributed by atoms with van der Waals surface area (Å²) in [5.74, 6) is 1.58. The molecule has 1 N–H and O–H groups in total. The van der Waals surface area contributed by atoms with E-state index in [0.29, 0.717) is 18.3 Å². The lowest BCUT2D eigenvalue weighted by molar-refractivity contribution is 0.329. The molecule has 0 fully saturated rings. The molecule has 25 heavy (non-hydrogen) atoms. The number of phenols is 1. The van der Waals surface area contributed by atoms with Crippen molar-refractivity contribution in [3.8, 4) is 11.5 Å². The Labute approximate surface area is 154 Å². The highest BCUT2D eigenvalue weighted by Crippen LogP contribution is 2.42. The normalized spacial score (nSPS) is 16.5. The van der Waals surface area contributed by atoms with Crippen LogP contribution in [0.2, 0.25) is 0 Å². The summed E-state index contributed by atoms with van der Waals surface area (Å²) >= 11 is 0. The van der Waals surface area contributed by atoms with Gasteiger partial charge in [0.1, 0.15) is 11.5 Å². The molecule has 0 saturated heterocycles. The number of hydrogen-bond donors (Lipinski definition) is 1. The third kappa shape index (κ3) is 6.97. The number of unbranched alkanes of at least 4 members (excludes halogenated alkanes) is 2. The lowest BCUT2D eigenvalue weighted by Gasteiger charge is -2.24. The average molecular weight is 345 g/mol. The minimum atomic E-state index is 0.292. The molecule has 1 atom stereocenters. The van der Waals surface area contributed by atoms with E-state index in [9.17, 15) is 5.11 Å². The minimum absolute atomic E-state index is 0.292. The molecule has 0 aliphatic heterocycles. The first kappa shape index (κ1) is 21.3. The summed E-state index contributed by atoms with van der Waals surface area (Å²) in [6, 6.07) is 4.09. The fourth-order valence-corrected chi connectivity index (χ4v) is 3.38. The van der Waals surface area contributed by atoms with Gasteiger partial charge >= 0.3 is 0 Å². The third-order valence-corrected chi connectivity index (χ3v) is 4.49. The molecule has 0 spiro atoms. The quantitative estimate of drug-likeness (QED) is 0.429. The van der Waals surface area contributed by atoms with E-state index >= 15 is 0 Å². The Morgan fingerprint density at radius 3 is 2.60 bits per heavy atom. The third-order valence-electron chi connectivity index (χ3n) is 4.49. The number of ether oxygens (including phenoxy) is 1. The fourth-order valence-electron chi connectivity index (χ4n) is 3.38. The maximum Gasteiger partial charge on any atom is 0.127 e. The molecule has 1 aliphatic rings. The molecule has 0 radical (unpaired) electrons. The van der Waals surface area contributed by atoms with Gasteiger partial charge in [-0.3, -0.25) is 0 Å². The van der Waals surface area contributed by atoms with Gasteiger partial charge in [0.05, 0.1) is 6.61 Å². The van der Waals surface area contributed by atoms with E-state index in [1.54, 1.807) is 6.08 Å². The molecule has 2 rings (SSSR count). The Morgan fingerprint density at radius 2 is 2.00 bits per heavy atom. The lowest BCUT2D eigenvalue weighted by Crippen LogP contribution is -2.06. The first-order valence-corrected chi connectivity index (χ1v) is 9.80. The summed E-state index contributed by atoms with van der Waals surface area (Å²) in [7, 11) is 0. The molecule has 1 aliphatic carbocycles. The van der Waals surface area contributed by atoms with Gasteiger partial charge in [-0.25, -0.2) is 0 Å². The summed E-state index contributed by atoms with van der Waals surface area (Å²) in [4.78, 5) is 0. The van der Waals surface area contributed by atoms with Crippen molar-refractivity contribution < 1.29 is 9.84 Å². The van der Waals surface area contributed by atoms with Gasteiger partial charge < -0.3 is 9.84 Å². The van der Waals surface area contributed by atoms with E-state index in [2.05, 4.69) is 32.6 Å². The second-order valence-electron chi connectivity index (χ2n) is 6.84. The van der Waals surface area contributed by atoms with Crippen LogP contribution in [0.5, 0.6) is 11.5 Å². The smallest absolute Gasteiger partial charge is 0.127 e. The number of rotatable bonds is 7. The SMILES string of the molecule is C=CC.CCCCCc1cc(O)c(C2C=C(C)CCC2)c(OCC)c1. The van der Waals surface area contributed by atoms with Crippen molar-refractivity contribution >= 4 is 0 Å². The maximum absolute atomic E-state index is 10.6. The summed E-state index contributed by atoms with van der Waals surface area (Å²) in [5.41, 5.74) is 3.60. The van der Waals surface area contributed by atoms with Gasteiger partial charge in [0.25, 0.3) is 0 Å². The number of benzene rings is 1. The van der Waals surface area contributed by atoms with Crippen LogP contribution < -0.4 is 4.74 Å². The first-order valence-electron chi connectivity index (χ1n) is 9.80. The van der Waals surface area contributed by atoms with Crippen LogP contribution in [0.1, 0.15) is 83.3 Å². The van der Waals surface area contributed by atoms with Gasteiger partial charge in [-0.15, -0.1) is 6.58 Å². The van der Waals surface area contributed by atoms with Crippen molar-refractivity contribution in [1.29, 1.82) is 0 Å². The Bertz CT molecular complexity index is 557. The Morgan fingerprint density at radius 1 is 1.28 bits per heavy atom. The van der Waals surface area contributed by atoms with Crippen LogP contribution in [-0.4, -0.2) is 11.7 Å². The van der Waals surface area contributed by atoms with Crippen LogP contribution in [0.4, 0.5) is 0 Å². The van der Waals surface area contributed by atoms with Gasteiger partial charge in [-0.05, 0) is 70.6 Å². The van der Waals surface area contributed by atoms with Crippen LogP contribution in [0, 0.1) is 0 Å². The molecule has 0 bridgehead atoms. The number of aryl methyl sites for hydroxylation is 1. The van der Waals surface area contributed by atoms with Gasteiger partial charge in [-0.2, -0.15) is 0 Å². The minimum Gasteiger partial charge on any atom is -0.507 e. The van der Waals surface area contributed by atoms with Crippen LogP contribution >= 0.6 is 0 Å². The molecular weight excluding hydrogens is 308 g/mol. The van der Waals surface area contributed by atoms with E-state index in [1.165, 1.54) is 43.2 Å². The highest BCUT2D eigenvalue weighted by atomic mass is 16.5. The zero-order chi connectivity index (χ0) is 18.7. The zero-order valence-electron chi connectivity index (χ0n) is 16.6. The predicted octanol–water partition coefficient (Wildman–Crippen LogP) is 6.93. The van der Waals surface area contributed by atoms with Crippen molar-refractivity contribution in [1.82, 2.24) is 0 Å². The largest absolute Gasteiger partial charge is 0.507 e. The molecule has 0 heterocycles. The Balaban J connectivity index is 0.000000970. The van der Waals surface area contributed by atoms with Crippen LogP contribution in [-0.2, 0) is 6.42 Å². The highest BCUT2D eigenvalue weighted by molar-refractivity contribution is 5.51. The molecule has 2 nitrogen and oxygen atoms in total. The van der Waals surface area contributed by atoms with E-state index in [-0.39, 0.29) is 0 Å². The Hall–Kier alpha value is -1.70. The molecule has 0 saturated carbocycles. The number of hydrogen-bond acceptors (Lipinski definition) is 2. The van der Waals surface area contributed by atoms with E-state index in [4.69, 9.17) is 4.74 Å². The summed E-state index contributed by atoms with van der Waals surface area (Å²) in [5, 5.41) is 10.6. The second kappa shape index (κ2) is 11.8. The highest BCUT2D eigenvalue weighted by Gasteiger charge is 2.22. The molecular formula is C23H36O2. The zero-order valence-corrected chi connectivity index (χ0v) is 16.6. The van der Waals surface area contributed by atoms with Crippen molar-refractivity contribution in [3.05, 3.63) is 47.6 Å². The van der Waals surface area contributed by atoms with Gasteiger partial charge in [0, 0.05) is 11.5 Å². The molecule has 0 aromatic heterocycles. The summed E-state index contributed by atoms with van der Waals surface area (Å²) < 4.78 is 5.86. The molecule has 0 amide bonds. The lowest BCUT2D eigenvalue weighted by atomic mass is 9.84. The number of aromatic hydroxyl groups is 1. The fraction of sp³-hybridized carbons (Fsp3) is 0.565. The van der Waals surface area contributed by atoms with Crippen LogP contribution in [0.3, 0.4) is 0 Å². The topological polar surface area (TPSA) is 29.5 Å². The molecule has 2 heteroatoms. The van der Waals surface area contributed by atoms with E-state index in [0.717, 1.165) is 24.2 Å². The van der Waals surface area contributed by atoms with E-state index < -0.39 is 0 Å². The summed E-state index contributed by atoms with van der Waals surface area (Å²) in [6.07, 6.45) is 12.2. The molecule has 1 unspecified atom stereocenters. The average Bonchev–Trinajstić information content (AvgIpc) is 2.56. The molecule has 1 aromatic carbocycles. The number of phenolic OH excluding ortho intramolecular Hbond substituents is 1. The van der Waals surface area contributed by atoms with Crippen molar-refractivity contribution in [3.63, 3.8) is 0 Å². The van der Waals surface area contributed by atoms with Crippen molar-refractivity contribution in [2.24, 2.45) is 0 Å².